The minimum atomic E-state index is -1.86. The molecule has 0 aliphatic heterocycles. The molecule has 11 heteroatoms. The number of benzene rings is 1. The van der Waals surface area contributed by atoms with Crippen LogP contribution in [0, 0.1) is 35.6 Å². The maximum absolute atomic E-state index is 10.3. The van der Waals surface area contributed by atoms with Gasteiger partial charge in [0.25, 0.3) is 0 Å². The summed E-state index contributed by atoms with van der Waals surface area (Å²) in [6.45, 7) is 0. The normalized spacial score (nSPS) is 8.50. The van der Waals surface area contributed by atoms with Crippen molar-refractivity contribution >= 4 is 0 Å². The van der Waals surface area contributed by atoms with Crippen LogP contribution in [0.2, 0.25) is 0 Å². The summed E-state index contributed by atoms with van der Waals surface area (Å²) in [5.41, 5.74) is 0.0810. The molecule has 0 aliphatic rings. The molecule has 1 aromatic carbocycles. The Kier molecular flexibility index (Phi) is 8.15. The molecule has 0 unspecified atom stereocenters. The number of hydrogen-bond acceptors (Lipinski definition) is 7. The van der Waals surface area contributed by atoms with Crippen LogP contribution in [0.3, 0.4) is 0 Å². The number of nitrogens with zero attached hydrogens (tertiary/aromatic N) is 3. The van der Waals surface area contributed by atoms with Gasteiger partial charge in [-0.15, -0.1) is 0 Å². The van der Waals surface area contributed by atoms with Gasteiger partial charge in [0.1, 0.15) is 15.4 Å². The van der Waals surface area contributed by atoms with E-state index in [2.05, 4.69) is 0 Å². The first-order chi connectivity index (χ1) is 7.86. The number of rotatable bonds is 3. The Bertz CT molecular complexity index is 392. The Morgan fingerprint density at radius 3 is 1.44 bits per heavy atom. The maximum atomic E-state index is 10.3. The number of nitro groups is 2. The molecule has 0 radical (unpaired) electrons. The highest BCUT2D eigenvalue weighted by Gasteiger charge is 2.33. The number of hydrogen-bond donors (Lipinski definition) is 1. The first-order valence-electron chi connectivity index (χ1n) is 3.99. The molecule has 0 saturated heterocycles. The maximum Gasteiger partial charge on any atom is 0.476 e. The molecule has 0 bridgehead atoms. The molecule has 4 N–H and O–H groups in total. The van der Waals surface area contributed by atoms with Gasteiger partial charge in [-0.1, -0.05) is 18.2 Å². The van der Waals surface area contributed by atoms with E-state index in [1.807, 2.05) is 0 Å². The zero-order valence-corrected chi connectivity index (χ0v) is 9.16. The minimum Gasteiger partial charge on any atom is -0.369 e. The van der Waals surface area contributed by atoms with Crippen molar-refractivity contribution in [2.75, 3.05) is 0 Å². The lowest BCUT2D eigenvalue weighted by atomic mass is 10.2. The van der Waals surface area contributed by atoms with Gasteiger partial charge in [0.2, 0.25) is 0 Å². The lowest BCUT2D eigenvalue weighted by molar-refractivity contribution is -0.752. The molecule has 11 nitrogen and oxygen atoms in total. The Hall–Kier alpha value is -2.82. The first-order valence-corrected chi connectivity index (χ1v) is 3.99. The Morgan fingerprint density at radius 2 is 1.17 bits per heavy atom. The van der Waals surface area contributed by atoms with Gasteiger partial charge in [-0.25, -0.2) is 0 Å². The molecule has 0 aliphatic carbocycles. The zero-order valence-electron chi connectivity index (χ0n) is 9.16. The van der Waals surface area contributed by atoms with Gasteiger partial charge in [-0.05, 0) is 12.1 Å². The van der Waals surface area contributed by atoms with Crippen LogP contribution in [0.4, 0.5) is 0 Å². The lowest BCUT2D eigenvalue weighted by Gasteiger charge is -2.00. The molecular weight excluding hydrogens is 252 g/mol. The predicted molar refractivity (Wildman–Crippen MR) is 59.5 cm³/mol. The minimum absolute atomic E-state index is 0. The van der Waals surface area contributed by atoms with E-state index in [-0.39, 0.29) is 11.7 Å². The molecular formula is C7H10N4O7. The van der Waals surface area contributed by atoms with Crippen molar-refractivity contribution in [1.82, 2.24) is 6.15 Å². The smallest absolute Gasteiger partial charge is 0.369 e. The third kappa shape index (κ3) is 6.62. The van der Waals surface area contributed by atoms with Gasteiger partial charge in [-0.3, -0.25) is 20.2 Å². The van der Waals surface area contributed by atoms with Crippen molar-refractivity contribution in [3.05, 3.63) is 71.4 Å². The molecule has 0 saturated carbocycles. The van der Waals surface area contributed by atoms with E-state index >= 15 is 0 Å². The van der Waals surface area contributed by atoms with Crippen LogP contribution < -0.4 is 6.15 Å². The molecule has 0 fully saturated rings. The summed E-state index contributed by atoms with van der Waals surface area (Å²) in [5.74, 6) is 0. The van der Waals surface area contributed by atoms with E-state index in [9.17, 15) is 20.2 Å². The average molecular weight is 262 g/mol. The molecule has 0 atom stereocenters. The van der Waals surface area contributed by atoms with Crippen molar-refractivity contribution in [3.8, 4) is 0 Å². The fraction of sp³-hybridized carbons (Fsp3) is 0.143. The van der Waals surface area contributed by atoms with Crippen molar-refractivity contribution in [1.29, 1.82) is 0 Å². The van der Waals surface area contributed by atoms with Crippen molar-refractivity contribution < 1.29 is 14.9 Å². The lowest BCUT2D eigenvalue weighted by Crippen LogP contribution is -2.19. The summed E-state index contributed by atoms with van der Waals surface area (Å²) < 4.78 is 0. The largest absolute Gasteiger partial charge is 0.476 e. The van der Waals surface area contributed by atoms with Crippen LogP contribution in [0.5, 0.6) is 0 Å². The Labute approximate surface area is 99.6 Å². The van der Waals surface area contributed by atoms with Gasteiger partial charge in [0, 0.05) is 0 Å². The van der Waals surface area contributed by atoms with Crippen molar-refractivity contribution in [2.45, 2.75) is 6.17 Å². The zero-order chi connectivity index (χ0) is 13.4. The quantitative estimate of drug-likeness (QED) is 0.482. The fourth-order valence-corrected chi connectivity index (χ4v) is 0.946. The van der Waals surface area contributed by atoms with Gasteiger partial charge in [0.15, 0.2) is 0 Å². The first kappa shape index (κ1) is 17.6. The van der Waals surface area contributed by atoms with Crippen molar-refractivity contribution in [2.24, 2.45) is 0 Å². The molecule has 0 heterocycles. The van der Waals surface area contributed by atoms with Crippen LogP contribution in [-0.4, -0.2) is 14.9 Å². The highest BCUT2D eigenvalue weighted by atomic mass is 16.9. The van der Waals surface area contributed by atoms with Crippen molar-refractivity contribution in [3.63, 3.8) is 0 Å². The fourth-order valence-electron chi connectivity index (χ4n) is 0.946. The van der Waals surface area contributed by atoms with Gasteiger partial charge >= 0.3 is 6.17 Å². The summed E-state index contributed by atoms with van der Waals surface area (Å²) in [4.78, 5) is 27.0. The highest BCUT2D eigenvalue weighted by Crippen LogP contribution is 2.15. The van der Waals surface area contributed by atoms with Crippen LogP contribution in [-0.2, 0) is 0 Å². The molecule has 18 heavy (non-hydrogen) atoms. The Morgan fingerprint density at radius 1 is 0.833 bits per heavy atom. The molecule has 0 amide bonds. The standard InChI is InChI=1S/C7H6N2O4.NO3.H3N/c10-8(11)7(9(12)13)6-4-2-1-3-5-6;2-1(3)4;/h1-5,7H;;1H3/q;-1;/p+1. The third-order valence-electron chi connectivity index (χ3n) is 1.50. The predicted octanol–water partition coefficient (Wildman–Crippen LogP) is 1.38. The summed E-state index contributed by atoms with van der Waals surface area (Å²) >= 11 is 0. The topological polar surface area (TPSA) is 189 Å². The van der Waals surface area contributed by atoms with E-state index < -0.39 is 21.1 Å². The average Bonchev–Trinajstić information content (AvgIpc) is 2.17. The van der Waals surface area contributed by atoms with Gasteiger partial charge in [0.05, 0.1) is 5.09 Å². The summed E-state index contributed by atoms with van der Waals surface area (Å²) in [7, 11) is 0. The van der Waals surface area contributed by atoms with Gasteiger partial charge in [-0.2, -0.15) is 0 Å². The van der Waals surface area contributed by atoms with E-state index in [0.717, 1.165) is 0 Å². The SMILES string of the molecule is O=[N+]([O-])C(c1ccccc1)[N+](=O)[O-].O=[N+]([O-])[O-].[NH4+]. The molecule has 1 aromatic rings. The Balaban J connectivity index is 0. The molecule has 0 spiro atoms. The van der Waals surface area contributed by atoms with Crippen LogP contribution >= 0.6 is 0 Å². The summed E-state index contributed by atoms with van der Waals surface area (Å²) in [6.07, 6.45) is -1.86. The van der Waals surface area contributed by atoms with E-state index in [4.69, 9.17) is 15.3 Å². The summed E-state index contributed by atoms with van der Waals surface area (Å²) in [5, 5.41) is 35.4. The van der Waals surface area contributed by atoms with Crippen LogP contribution in [0.1, 0.15) is 11.7 Å². The second kappa shape index (κ2) is 8.35. The number of quaternary nitrogens is 1. The van der Waals surface area contributed by atoms with Crippen LogP contribution in [0.15, 0.2) is 30.3 Å². The van der Waals surface area contributed by atoms with Gasteiger partial charge < -0.3 is 21.5 Å². The molecule has 100 valence electrons. The van der Waals surface area contributed by atoms with E-state index in [1.54, 1.807) is 6.07 Å². The molecule has 0 aromatic heterocycles. The second-order valence-corrected chi connectivity index (χ2v) is 2.58. The monoisotopic (exact) mass is 262 g/mol. The second-order valence-electron chi connectivity index (χ2n) is 2.58. The highest BCUT2D eigenvalue weighted by molar-refractivity contribution is 5.15. The third-order valence-corrected chi connectivity index (χ3v) is 1.50. The van der Waals surface area contributed by atoms with E-state index in [0.29, 0.717) is 0 Å². The molecule has 1 rings (SSSR count). The summed E-state index contributed by atoms with van der Waals surface area (Å²) in [6, 6.07) is 7.40. The van der Waals surface area contributed by atoms with Crippen LogP contribution in [0.25, 0.3) is 0 Å². The van der Waals surface area contributed by atoms with E-state index in [1.165, 1.54) is 24.3 Å².